The first kappa shape index (κ1) is 8.75. The molecule has 0 amide bonds. The summed E-state index contributed by atoms with van der Waals surface area (Å²) >= 11 is 0.595. The van der Waals surface area contributed by atoms with Crippen LogP contribution in [0.15, 0.2) is 47.1 Å². The molecule has 0 aliphatic heterocycles. The van der Waals surface area contributed by atoms with Crippen LogP contribution in [0.1, 0.15) is 12.1 Å². The van der Waals surface area contributed by atoms with Gasteiger partial charge in [0.05, 0.1) is 0 Å². The van der Waals surface area contributed by atoms with Crippen LogP contribution >= 0.6 is 0 Å². The zero-order valence-electron chi connectivity index (χ0n) is 7.31. The summed E-state index contributed by atoms with van der Waals surface area (Å²) in [5.41, 5.74) is 1.22. The minimum absolute atomic E-state index is 0.595. The van der Waals surface area contributed by atoms with E-state index in [-0.39, 0.29) is 0 Å². The molecule has 0 saturated heterocycles. The third-order valence-corrected chi connectivity index (χ3v) is 3.61. The van der Waals surface area contributed by atoms with Gasteiger partial charge in [-0.05, 0) is 0 Å². The number of hydrogen-bond acceptors (Lipinski definition) is 1. The summed E-state index contributed by atoms with van der Waals surface area (Å²) in [6.07, 6.45) is 9.63. The molecule has 0 saturated carbocycles. The van der Waals surface area contributed by atoms with Crippen molar-refractivity contribution < 1.29 is 15.2 Å². The van der Waals surface area contributed by atoms with E-state index < -0.39 is 0 Å². The summed E-state index contributed by atoms with van der Waals surface area (Å²) in [7, 11) is 0. The van der Waals surface area contributed by atoms with Gasteiger partial charge in [0.1, 0.15) is 0 Å². The number of hydrogen-bond donors (Lipinski definition) is 0. The molecule has 2 heteroatoms. The van der Waals surface area contributed by atoms with Gasteiger partial charge in [0.25, 0.3) is 0 Å². The molecule has 1 aliphatic carbocycles. The Kier molecular flexibility index (Phi) is 2.97. The predicted molar refractivity (Wildman–Crippen MR) is 49.8 cm³/mol. The molecule has 1 aromatic heterocycles. The second-order valence-electron chi connectivity index (χ2n) is 2.88. The van der Waals surface area contributed by atoms with Crippen LogP contribution < -0.4 is 0 Å². The molecule has 0 atom stereocenters. The van der Waals surface area contributed by atoms with E-state index in [0.717, 1.165) is 11.7 Å². The third-order valence-electron chi connectivity index (χ3n) is 1.87. The van der Waals surface area contributed by atoms with Crippen molar-refractivity contribution in [3.05, 3.63) is 52.8 Å². The molecule has 0 fully saturated rings. The quantitative estimate of drug-likeness (QED) is 0.745. The summed E-state index contributed by atoms with van der Waals surface area (Å²) in [6, 6.07) is 6.12. The maximum atomic E-state index is 4.31. The van der Waals surface area contributed by atoms with Gasteiger partial charge in [0.2, 0.25) is 0 Å². The minimum atomic E-state index is 0.595. The molecule has 66 valence electrons. The van der Waals surface area contributed by atoms with Crippen LogP contribution in [0.5, 0.6) is 0 Å². The number of nitrogens with zero attached hydrogens (tertiary/aromatic N) is 1. The Morgan fingerprint density at radius 2 is 2.38 bits per heavy atom. The zero-order chi connectivity index (χ0) is 8.93. The van der Waals surface area contributed by atoms with E-state index in [1.54, 1.807) is 4.44 Å². The molecule has 0 spiro atoms. The molecule has 13 heavy (non-hydrogen) atoms. The van der Waals surface area contributed by atoms with E-state index in [4.69, 9.17) is 0 Å². The maximum absolute atomic E-state index is 4.31. The van der Waals surface area contributed by atoms with Gasteiger partial charge in [-0.15, -0.1) is 0 Å². The summed E-state index contributed by atoms with van der Waals surface area (Å²) < 4.78 is 1.58. The van der Waals surface area contributed by atoms with Crippen LogP contribution in [-0.4, -0.2) is 4.98 Å². The molecule has 0 radical (unpaired) electrons. The number of aromatic nitrogens is 1. The molecule has 0 unspecified atom stereocenters. The SMILES string of the molecule is C1=CC[C]([Cr][CH2]c2ccccn2)=C1. The summed E-state index contributed by atoms with van der Waals surface area (Å²) in [5, 5.41) is 1.13. The monoisotopic (exact) mass is 209 g/mol. The molecule has 1 aliphatic rings. The van der Waals surface area contributed by atoms with Gasteiger partial charge in [0, 0.05) is 0 Å². The molecular weight excluding hydrogens is 198 g/mol. The van der Waals surface area contributed by atoms with E-state index in [1.165, 1.54) is 5.69 Å². The van der Waals surface area contributed by atoms with E-state index in [9.17, 15) is 0 Å². The molecule has 1 aromatic rings. The second kappa shape index (κ2) is 4.41. The summed E-state index contributed by atoms with van der Waals surface area (Å²) in [6.45, 7) is 0. The Balaban J connectivity index is 1.87. The van der Waals surface area contributed by atoms with Crippen molar-refractivity contribution >= 4 is 0 Å². The van der Waals surface area contributed by atoms with Crippen molar-refractivity contribution in [2.24, 2.45) is 0 Å². The molecule has 1 nitrogen and oxygen atoms in total. The Labute approximate surface area is 84.9 Å². The summed E-state index contributed by atoms with van der Waals surface area (Å²) in [5.74, 6) is 0. The Morgan fingerprint density at radius 3 is 3.08 bits per heavy atom. The van der Waals surface area contributed by atoms with Crippen molar-refractivity contribution in [1.82, 2.24) is 4.98 Å². The summed E-state index contributed by atoms with van der Waals surface area (Å²) in [4.78, 5) is 4.31. The normalized spacial score (nSPS) is 14.6. The van der Waals surface area contributed by atoms with Crippen molar-refractivity contribution in [3.63, 3.8) is 0 Å². The Morgan fingerprint density at radius 1 is 1.38 bits per heavy atom. The molecule has 0 bridgehead atoms. The first-order valence-corrected chi connectivity index (χ1v) is 5.87. The van der Waals surface area contributed by atoms with Crippen LogP contribution in [-0.2, 0) is 20.5 Å². The van der Waals surface area contributed by atoms with Crippen LogP contribution in [0.2, 0.25) is 0 Å². The van der Waals surface area contributed by atoms with Gasteiger partial charge in [0.15, 0.2) is 0 Å². The van der Waals surface area contributed by atoms with Crippen molar-refractivity contribution in [2.75, 3.05) is 0 Å². The standard InChI is InChI=1S/C6H6N.C5H5.Cr/c1-6-4-2-3-5-7-6;1-2-4-5-3-1;/h2-5H,1H2;1-3H,4H2;. The van der Waals surface area contributed by atoms with E-state index in [1.807, 2.05) is 12.3 Å². The van der Waals surface area contributed by atoms with E-state index >= 15 is 0 Å². The molecule has 0 aromatic carbocycles. The van der Waals surface area contributed by atoms with Crippen LogP contribution in [0.25, 0.3) is 0 Å². The van der Waals surface area contributed by atoms with Gasteiger partial charge < -0.3 is 0 Å². The van der Waals surface area contributed by atoms with Crippen molar-refractivity contribution in [3.8, 4) is 0 Å². The van der Waals surface area contributed by atoms with Crippen LogP contribution in [0.3, 0.4) is 0 Å². The average molecular weight is 209 g/mol. The Bertz CT molecular complexity index is 327. The number of rotatable bonds is 3. The predicted octanol–water partition coefficient (Wildman–Crippen LogP) is 2.51. The second-order valence-corrected chi connectivity index (χ2v) is 4.60. The van der Waals surface area contributed by atoms with Crippen LogP contribution in [0.4, 0.5) is 0 Å². The average Bonchev–Trinajstić information content (AvgIpc) is 2.69. The van der Waals surface area contributed by atoms with Gasteiger partial charge in [-0.25, -0.2) is 0 Å². The van der Waals surface area contributed by atoms with Gasteiger partial charge in [-0.3, -0.25) is 0 Å². The van der Waals surface area contributed by atoms with Crippen molar-refractivity contribution in [1.29, 1.82) is 0 Å². The van der Waals surface area contributed by atoms with Crippen molar-refractivity contribution in [2.45, 2.75) is 11.7 Å². The number of pyridine rings is 1. The first-order valence-electron chi connectivity index (χ1n) is 4.33. The fourth-order valence-electron chi connectivity index (χ4n) is 1.18. The van der Waals surface area contributed by atoms with Crippen LogP contribution in [0, 0.1) is 0 Å². The molecule has 1 heterocycles. The van der Waals surface area contributed by atoms with Gasteiger partial charge >= 0.3 is 84.7 Å². The first-order chi connectivity index (χ1) is 6.45. The molecule has 2 rings (SSSR count). The fraction of sp³-hybridized carbons (Fsp3) is 0.182. The van der Waals surface area contributed by atoms with E-state index in [0.29, 0.717) is 15.2 Å². The Hall–Kier alpha value is -0.838. The van der Waals surface area contributed by atoms with E-state index in [2.05, 4.69) is 35.3 Å². The molecular formula is C11H11CrN. The zero-order valence-corrected chi connectivity index (χ0v) is 8.59. The van der Waals surface area contributed by atoms with Gasteiger partial charge in [-0.1, -0.05) is 0 Å². The fourth-order valence-corrected chi connectivity index (χ4v) is 2.58. The number of allylic oxidation sites excluding steroid dienone is 4. The third kappa shape index (κ3) is 2.55. The van der Waals surface area contributed by atoms with Gasteiger partial charge in [-0.2, -0.15) is 0 Å². The topological polar surface area (TPSA) is 12.9 Å². The molecule has 0 N–H and O–H groups in total.